The van der Waals surface area contributed by atoms with Gasteiger partial charge in [-0.3, -0.25) is 9.69 Å². The first-order chi connectivity index (χ1) is 9.10. The number of hydrogen-bond acceptors (Lipinski definition) is 4. The molecule has 0 aromatic carbocycles. The van der Waals surface area contributed by atoms with Crippen molar-refractivity contribution in [1.82, 2.24) is 4.90 Å². The first-order valence-electron chi connectivity index (χ1n) is 6.57. The number of thiophene rings is 1. The average Bonchev–Trinajstić information content (AvgIpc) is 2.78. The van der Waals surface area contributed by atoms with E-state index in [1.807, 2.05) is 0 Å². The molecule has 6 heteroatoms. The molecule has 0 aliphatic carbocycles. The number of carbonyl (C=O) groups is 1. The van der Waals surface area contributed by atoms with E-state index in [-0.39, 0.29) is 5.91 Å². The van der Waals surface area contributed by atoms with Crippen molar-refractivity contribution >= 4 is 33.2 Å². The van der Waals surface area contributed by atoms with Gasteiger partial charge in [-0.2, -0.15) is 0 Å². The van der Waals surface area contributed by atoms with E-state index in [4.69, 9.17) is 11.5 Å². The Kier molecular flexibility index (Phi) is 5.38. The van der Waals surface area contributed by atoms with Crippen LogP contribution in [0.5, 0.6) is 0 Å². The van der Waals surface area contributed by atoms with E-state index in [0.29, 0.717) is 24.9 Å². The minimum atomic E-state index is -0.184. The van der Waals surface area contributed by atoms with Gasteiger partial charge in [-0.05, 0) is 59.9 Å². The lowest BCUT2D eigenvalue weighted by Gasteiger charge is -2.36. The summed E-state index contributed by atoms with van der Waals surface area (Å²) < 4.78 is 1.14. The number of rotatable bonds is 5. The van der Waals surface area contributed by atoms with Crippen molar-refractivity contribution < 1.29 is 4.79 Å². The molecule has 4 N–H and O–H groups in total. The topological polar surface area (TPSA) is 72.3 Å². The lowest BCUT2D eigenvalue weighted by molar-refractivity contribution is -0.119. The molecule has 4 nitrogen and oxygen atoms in total. The van der Waals surface area contributed by atoms with E-state index in [2.05, 4.69) is 33.0 Å². The summed E-state index contributed by atoms with van der Waals surface area (Å²) in [6.07, 6.45) is 2.59. The number of carbonyl (C=O) groups excluding carboxylic acids is 1. The molecule has 0 saturated carbocycles. The summed E-state index contributed by atoms with van der Waals surface area (Å²) >= 11 is 5.24. The monoisotopic (exact) mass is 345 g/mol. The van der Waals surface area contributed by atoms with Crippen molar-refractivity contribution in [3.63, 3.8) is 0 Å². The fourth-order valence-corrected chi connectivity index (χ4v) is 4.28. The van der Waals surface area contributed by atoms with Gasteiger partial charge in [0.2, 0.25) is 5.91 Å². The van der Waals surface area contributed by atoms with Gasteiger partial charge >= 0.3 is 0 Å². The fraction of sp³-hybridized carbons (Fsp3) is 0.615. The van der Waals surface area contributed by atoms with E-state index >= 15 is 0 Å². The summed E-state index contributed by atoms with van der Waals surface area (Å²) in [6, 6.07) is 4.51. The summed E-state index contributed by atoms with van der Waals surface area (Å²) in [5, 5.41) is 0. The van der Waals surface area contributed by atoms with Gasteiger partial charge in [0.05, 0.1) is 9.83 Å². The summed E-state index contributed by atoms with van der Waals surface area (Å²) in [7, 11) is 0. The van der Waals surface area contributed by atoms with E-state index in [0.717, 1.165) is 29.7 Å². The number of primary amides is 1. The highest BCUT2D eigenvalue weighted by Crippen LogP contribution is 2.33. The molecule has 1 fully saturated rings. The number of likely N-dealkylation sites (tertiary alicyclic amines) is 1. The molecule has 0 spiro atoms. The molecule has 2 heterocycles. The Hall–Kier alpha value is -0.430. The van der Waals surface area contributed by atoms with Crippen LogP contribution in [0.15, 0.2) is 15.9 Å². The maximum atomic E-state index is 10.9. The fourth-order valence-electron chi connectivity index (χ4n) is 2.71. The van der Waals surface area contributed by atoms with Gasteiger partial charge in [-0.1, -0.05) is 0 Å². The van der Waals surface area contributed by atoms with Gasteiger partial charge < -0.3 is 11.5 Å². The zero-order chi connectivity index (χ0) is 13.8. The Balaban J connectivity index is 1.93. The van der Waals surface area contributed by atoms with Gasteiger partial charge in [0.15, 0.2) is 0 Å². The molecule has 0 radical (unpaired) electrons. The zero-order valence-corrected chi connectivity index (χ0v) is 13.3. The predicted octanol–water partition coefficient (Wildman–Crippen LogP) is 2.10. The van der Waals surface area contributed by atoms with Crippen LogP contribution in [-0.4, -0.2) is 30.4 Å². The third-order valence-electron chi connectivity index (χ3n) is 3.73. The molecule has 106 valence electrons. The third kappa shape index (κ3) is 4.02. The largest absolute Gasteiger partial charge is 0.370 e. The first kappa shape index (κ1) is 15.0. The second kappa shape index (κ2) is 6.83. The number of amides is 1. The van der Waals surface area contributed by atoms with Crippen LogP contribution in [0.25, 0.3) is 0 Å². The third-order valence-corrected chi connectivity index (χ3v) is 5.45. The number of halogens is 1. The van der Waals surface area contributed by atoms with E-state index in [1.54, 1.807) is 11.3 Å². The Labute approximate surface area is 126 Å². The highest BCUT2D eigenvalue weighted by Gasteiger charge is 2.26. The van der Waals surface area contributed by atoms with Crippen LogP contribution in [0.3, 0.4) is 0 Å². The number of piperidine rings is 1. The van der Waals surface area contributed by atoms with Gasteiger partial charge in [0, 0.05) is 17.8 Å². The first-order valence-corrected chi connectivity index (χ1v) is 8.18. The molecular formula is C13H20BrN3OS. The van der Waals surface area contributed by atoms with E-state index in [9.17, 15) is 4.79 Å². The predicted molar refractivity (Wildman–Crippen MR) is 81.9 cm³/mol. The van der Waals surface area contributed by atoms with E-state index < -0.39 is 0 Å². The Morgan fingerprint density at radius 1 is 1.47 bits per heavy atom. The molecule has 1 atom stereocenters. The SMILES string of the molecule is NCC(c1ccc(Br)s1)N1CCC(CC(N)=O)CC1. The molecular weight excluding hydrogens is 326 g/mol. The molecule has 1 saturated heterocycles. The minimum Gasteiger partial charge on any atom is -0.370 e. The molecule has 19 heavy (non-hydrogen) atoms. The van der Waals surface area contributed by atoms with Crippen LogP contribution < -0.4 is 11.5 Å². The zero-order valence-electron chi connectivity index (χ0n) is 10.8. The van der Waals surface area contributed by atoms with Crippen LogP contribution >= 0.6 is 27.3 Å². The maximum absolute atomic E-state index is 10.9. The molecule has 1 aromatic heterocycles. The number of nitrogens with two attached hydrogens (primary N) is 2. The second-order valence-electron chi connectivity index (χ2n) is 5.04. The summed E-state index contributed by atoms with van der Waals surface area (Å²) in [5.74, 6) is 0.262. The van der Waals surface area contributed by atoms with Gasteiger partial charge in [-0.15, -0.1) is 11.3 Å². The quantitative estimate of drug-likeness (QED) is 0.858. The molecule has 1 aliphatic heterocycles. The minimum absolute atomic E-state index is 0.184. The van der Waals surface area contributed by atoms with Crippen molar-refractivity contribution in [2.24, 2.45) is 17.4 Å². The highest BCUT2D eigenvalue weighted by atomic mass is 79.9. The summed E-state index contributed by atoms with van der Waals surface area (Å²) in [6.45, 7) is 2.62. The molecule has 2 rings (SSSR count). The molecule has 1 amide bonds. The molecule has 1 unspecified atom stereocenters. The summed E-state index contributed by atoms with van der Waals surface area (Å²) in [5.41, 5.74) is 11.2. The van der Waals surface area contributed by atoms with Crippen molar-refractivity contribution in [1.29, 1.82) is 0 Å². The van der Waals surface area contributed by atoms with Gasteiger partial charge in [0.25, 0.3) is 0 Å². The van der Waals surface area contributed by atoms with Crippen LogP contribution in [0.1, 0.15) is 30.2 Å². The van der Waals surface area contributed by atoms with Gasteiger partial charge in [-0.25, -0.2) is 0 Å². The molecule has 1 aliphatic rings. The number of hydrogen-bond donors (Lipinski definition) is 2. The normalized spacial score (nSPS) is 19.5. The molecule has 0 bridgehead atoms. The van der Waals surface area contributed by atoms with Crippen LogP contribution in [0, 0.1) is 5.92 Å². The van der Waals surface area contributed by atoms with Crippen molar-refractivity contribution in [3.8, 4) is 0 Å². The number of nitrogens with zero attached hydrogens (tertiary/aromatic N) is 1. The lowest BCUT2D eigenvalue weighted by Crippen LogP contribution is -2.40. The second-order valence-corrected chi connectivity index (χ2v) is 7.54. The highest BCUT2D eigenvalue weighted by molar-refractivity contribution is 9.11. The Morgan fingerprint density at radius 3 is 2.63 bits per heavy atom. The summed E-state index contributed by atoms with van der Waals surface area (Å²) in [4.78, 5) is 14.7. The van der Waals surface area contributed by atoms with Crippen molar-refractivity contribution in [3.05, 3.63) is 20.8 Å². The Bertz CT molecular complexity index is 429. The Morgan fingerprint density at radius 2 is 2.16 bits per heavy atom. The smallest absolute Gasteiger partial charge is 0.217 e. The molecule has 1 aromatic rings. The lowest BCUT2D eigenvalue weighted by atomic mass is 9.92. The maximum Gasteiger partial charge on any atom is 0.217 e. The van der Waals surface area contributed by atoms with Crippen LogP contribution in [-0.2, 0) is 4.79 Å². The van der Waals surface area contributed by atoms with Gasteiger partial charge in [0.1, 0.15) is 0 Å². The van der Waals surface area contributed by atoms with Crippen LogP contribution in [0.4, 0.5) is 0 Å². The standard InChI is InChI=1S/C13H20BrN3OS/c14-12-2-1-11(19-12)10(8-15)17-5-3-9(4-6-17)7-13(16)18/h1-2,9-10H,3-8,15H2,(H2,16,18). The van der Waals surface area contributed by atoms with Crippen molar-refractivity contribution in [2.45, 2.75) is 25.3 Å². The van der Waals surface area contributed by atoms with Crippen LogP contribution in [0.2, 0.25) is 0 Å². The average molecular weight is 346 g/mol. The van der Waals surface area contributed by atoms with E-state index in [1.165, 1.54) is 4.88 Å². The van der Waals surface area contributed by atoms with Crippen molar-refractivity contribution in [2.75, 3.05) is 19.6 Å².